The number of carbonyl (C=O) groups is 1. The molecule has 0 unspecified atom stereocenters. The fraction of sp³-hybridized carbons (Fsp3) is 0.0714. The van der Waals surface area contributed by atoms with Gasteiger partial charge in [-0.3, -0.25) is 4.79 Å². The van der Waals surface area contributed by atoms with Crippen LogP contribution in [0.3, 0.4) is 0 Å². The van der Waals surface area contributed by atoms with E-state index in [0.717, 1.165) is 15.7 Å². The summed E-state index contributed by atoms with van der Waals surface area (Å²) in [5.74, 6) is -3.84. The number of rotatable bonds is 4. The molecule has 0 spiro atoms. The van der Waals surface area contributed by atoms with Crippen LogP contribution in [0.25, 0.3) is 0 Å². The maximum absolute atomic E-state index is 12.4. The van der Waals surface area contributed by atoms with Gasteiger partial charge >= 0.3 is 5.76 Å². The number of carbonyl (C=O) groups excluding carboxylic acids is 1. The quantitative estimate of drug-likeness (QED) is 0.745. The van der Waals surface area contributed by atoms with Crippen LogP contribution >= 0.6 is 22.6 Å². The minimum atomic E-state index is -4.63. The molecule has 0 aliphatic heterocycles. The number of nitrogens with one attached hydrogen (secondary N) is 1. The van der Waals surface area contributed by atoms with Crippen LogP contribution in [0.15, 0.2) is 53.4 Å². The second-order valence-corrected chi connectivity index (χ2v) is 7.34. The fourth-order valence-electron chi connectivity index (χ4n) is 1.67. The first-order valence-corrected chi connectivity index (χ1v) is 8.63. The van der Waals surface area contributed by atoms with Gasteiger partial charge in [0.25, 0.3) is 5.91 Å². The Bertz CT molecular complexity index is 792. The van der Waals surface area contributed by atoms with E-state index in [4.69, 9.17) is 0 Å². The monoisotopic (exact) mass is 437 g/mol. The van der Waals surface area contributed by atoms with E-state index in [1.54, 1.807) is 24.3 Å². The van der Waals surface area contributed by atoms with Crippen LogP contribution in [-0.4, -0.2) is 20.1 Å². The Labute approximate surface area is 139 Å². The maximum atomic E-state index is 12.4. The summed E-state index contributed by atoms with van der Waals surface area (Å²) in [6, 6.07) is 11.5. The molecule has 2 aromatic carbocycles. The third-order valence-corrected chi connectivity index (χ3v) is 5.13. The van der Waals surface area contributed by atoms with E-state index in [0.29, 0.717) is 11.3 Å². The zero-order valence-electron chi connectivity index (χ0n) is 11.0. The van der Waals surface area contributed by atoms with Crippen molar-refractivity contribution in [1.82, 2.24) is 0 Å². The van der Waals surface area contributed by atoms with Gasteiger partial charge in [-0.15, -0.1) is 0 Å². The molecule has 0 aliphatic carbocycles. The maximum Gasteiger partial charge on any atom is 0.341 e. The van der Waals surface area contributed by atoms with Crippen molar-refractivity contribution >= 4 is 44.0 Å². The molecule has 0 fully saturated rings. The summed E-state index contributed by atoms with van der Waals surface area (Å²) in [6.07, 6.45) is 0. The molecule has 0 atom stereocenters. The molecule has 0 saturated carbocycles. The lowest BCUT2D eigenvalue weighted by molar-refractivity contribution is 0.102. The zero-order chi connectivity index (χ0) is 16.3. The Morgan fingerprint density at radius 3 is 2.18 bits per heavy atom. The van der Waals surface area contributed by atoms with Crippen molar-refractivity contribution in [3.63, 3.8) is 0 Å². The van der Waals surface area contributed by atoms with E-state index in [9.17, 15) is 22.0 Å². The average Bonchev–Trinajstić information content (AvgIpc) is 2.48. The first-order valence-electron chi connectivity index (χ1n) is 6.00. The Kier molecular flexibility index (Phi) is 5.12. The van der Waals surface area contributed by atoms with Gasteiger partial charge in [-0.2, -0.15) is 8.78 Å². The summed E-state index contributed by atoms with van der Waals surface area (Å²) in [4.78, 5) is 11.6. The van der Waals surface area contributed by atoms with Gasteiger partial charge in [0.1, 0.15) is 0 Å². The van der Waals surface area contributed by atoms with Crippen molar-refractivity contribution in [3.05, 3.63) is 57.7 Å². The molecular weight excluding hydrogens is 427 g/mol. The van der Waals surface area contributed by atoms with E-state index in [1.165, 1.54) is 12.1 Å². The average molecular weight is 437 g/mol. The van der Waals surface area contributed by atoms with Gasteiger partial charge in [0.05, 0.1) is 10.5 Å². The zero-order valence-corrected chi connectivity index (χ0v) is 13.9. The lowest BCUT2D eigenvalue weighted by Gasteiger charge is -2.08. The van der Waals surface area contributed by atoms with Gasteiger partial charge in [0.15, 0.2) is 0 Å². The van der Waals surface area contributed by atoms with Gasteiger partial charge in [-0.05, 0) is 59.0 Å². The van der Waals surface area contributed by atoms with Gasteiger partial charge in [0.2, 0.25) is 9.84 Å². The molecule has 116 valence electrons. The molecular formula is C14H10F2INO3S. The summed E-state index contributed by atoms with van der Waals surface area (Å²) in [5.41, 5.74) is 0.783. The smallest absolute Gasteiger partial charge is 0.322 e. The van der Waals surface area contributed by atoms with Gasteiger partial charge in [-0.25, -0.2) is 8.42 Å². The van der Waals surface area contributed by atoms with Crippen LogP contribution in [0, 0.1) is 3.57 Å². The molecule has 1 N–H and O–H groups in total. The molecule has 2 rings (SSSR count). The number of halogens is 3. The Morgan fingerprint density at radius 2 is 1.64 bits per heavy atom. The number of alkyl halides is 2. The van der Waals surface area contributed by atoms with E-state index in [2.05, 4.69) is 5.32 Å². The summed E-state index contributed by atoms with van der Waals surface area (Å²) in [5, 5.41) is 2.58. The minimum Gasteiger partial charge on any atom is -0.322 e. The third kappa shape index (κ3) is 3.61. The molecule has 1 amide bonds. The third-order valence-electron chi connectivity index (χ3n) is 2.79. The van der Waals surface area contributed by atoms with Crippen LogP contribution in [0.2, 0.25) is 0 Å². The van der Waals surface area contributed by atoms with Gasteiger partial charge in [0, 0.05) is 9.26 Å². The summed E-state index contributed by atoms with van der Waals surface area (Å²) in [6.45, 7) is 0. The second-order valence-electron chi connectivity index (χ2n) is 4.26. The minimum absolute atomic E-state index is 0.317. The van der Waals surface area contributed by atoms with Crippen molar-refractivity contribution < 1.29 is 22.0 Å². The second kappa shape index (κ2) is 6.69. The molecule has 0 radical (unpaired) electrons. The standard InChI is InChI=1S/C14H10F2INO3S/c15-14(16)22(20,21)10-7-5-9(6-8-10)18-13(19)11-3-1-2-4-12(11)17/h1-8,14H,(H,18,19). The number of anilines is 1. The predicted molar refractivity (Wildman–Crippen MR) is 86.7 cm³/mol. The predicted octanol–water partition coefficient (Wildman–Crippen LogP) is 3.54. The van der Waals surface area contributed by atoms with E-state index in [1.807, 2.05) is 22.6 Å². The summed E-state index contributed by atoms with van der Waals surface area (Å²) in [7, 11) is -4.63. The molecule has 4 nitrogen and oxygen atoms in total. The molecule has 0 aliphatic rings. The largest absolute Gasteiger partial charge is 0.341 e. The van der Waals surface area contributed by atoms with Crippen molar-refractivity contribution in [3.8, 4) is 0 Å². The number of amides is 1. The SMILES string of the molecule is O=C(Nc1ccc(S(=O)(=O)C(F)F)cc1)c1ccccc1I. The van der Waals surface area contributed by atoms with Crippen LogP contribution in [-0.2, 0) is 9.84 Å². The summed E-state index contributed by atoms with van der Waals surface area (Å²) < 4.78 is 48.2. The number of benzene rings is 2. The van der Waals surface area contributed by atoms with Gasteiger partial charge < -0.3 is 5.32 Å². The molecule has 2 aromatic rings. The highest BCUT2D eigenvalue weighted by Crippen LogP contribution is 2.21. The number of sulfone groups is 1. The Balaban J connectivity index is 2.19. The van der Waals surface area contributed by atoms with Crippen LogP contribution in [0.1, 0.15) is 10.4 Å². The van der Waals surface area contributed by atoms with E-state index >= 15 is 0 Å². The summed E-state index contributed by atoms with van der Waals surface area (Å²) >= 11 is 2.02. The molecule has 0 aromatic heterocycles. The molecule has 0 saturated heterocycles. The molecule has 22 heavy (non-hydrogen) atoms. The van der Waals surface area contributed by atoms with Crippen molar-refractivity contribution in [1.29, 1.82) is 0 Å². The topological polar surface area (TPSA) is 63.2 Å². The normalized spacial score (nSPS) is 11.5. The van der Waals surface area contributed by atoms with Crippen molar-refractivity contribution in [2.45, 2.75) is 10.7 Å². The number of hydrogen-bond donors (Lipinski definition) is 1. The molecule has 8 heteroatoms. The van der Waals surface area contributed by atoms with Crippen LogP contribution in [0.5, 0.6) is 0 Å². The highest BCUT2D eigenvalue weighted by atomic mass is 127. The lowest BCUT2D eigenvalue weighted by atomic mass is 10.2. The highest BCUT2D eigenvalue weighted by molar-refractivity contribution is 14.1. The van der Waals surface area contributed by atoms with Crippen molar-refractivity contribution in [2.24, 2.45) is 0 Å². The van der Waals surface area contributed by atoms with E-state index in [-0.39, 0.29) is 5.91 Å². The molecule has 0 bridgehead atoms. The Morgan fingerprint density at radius 1 is 1.05 bits per heavy atom. The van der Waals surface area contributed by atoms with Gasteiger partial charge in [-0.1, -0.05) is 12.1 Å². The fourth-order valence-corrected chi connectivity index (χ4v) is 3.03. The highest BCUT2D eigenvalue weighted by Gasteiger charge is 2.26. The van der Waals surface area contributed by atoms with Crippen LogP contribution < -0.4 is 5.32 Å². The van der Waals surface area contributed by atoms with Crippen LogP contribution in [0.4, 0.5) is 14.5 Å². The lowest BCUT2D eigenvalue weighted by Crippen LogP contribution is -2.14. The first-order chi connectivity index (χ1) is 10.3. The molecule has 0 heterocycles. The number of hydrogen-bond acceptors (Lipinski definition) is 3. The van der Waals surface area contributed by atoms with Crippen molar-refractivity contribution in [2.75, 3.05) is 5.32 Å². The Hall–Kier alpha value is -1.55. The first kappa shape index (κ1) is 16.8. The van der Waals surface area contributed by atoms with E-state index < -0.39 is 20.5 Å².